The van der Waals surface area contributed by atoms with E-state index < -0.39 is 0 Å². The van der Waals surface area contributed by atoms with Gasteiger partial charge in [0.15, 0.2) is 0 Å². The molecular formula is C12H25ClN2OS. The third kappa shape index (κ3) is 7.17. The smallest absolute Gasteiger partial charge is 0.220 e. The molecule has 2 unspecified atom stereocenters. The van der Waals surface area contributed by atoms with Gasteiger partial charge >= 0.3 is 0 Å². The van der Waals surface area contributed by atoms with Crippen LogP contribution in [0.1, 0.15) is 32.6 Å². The maximum absolute atomic E-state index is 11.7. The van der Waals surface area contributed by atoms with Crippen LogP contribution in [-0.4, -0.2) is 37.0 Å². The molecule has 1 aliphatic rings. The number of piperidine rings is 1. The molecule has 17 heavy (non-hydrogen) atoms. The number of thioether (sulfide) groups is 1. The van der Waals surface area contributed by atoms with E-state index in [1.54, 1.807) is 0 Å². The van der Waals surface area contributed by atoms with Gasteiger partial charge in [0.2, 0.25) is 5.91 Å². The molecule has 0 bridgehead atoms. The standard InChI is InChI=1S/C12H24N2OS.ClH/c1-10-6-7-13-9-11(10)14-12(15)5-3-4-8-16-2;/h10-11,13H,3-9H2,1-2H3,(H,14,15);1H. The summed E-state index contributed by atoms with van der Waals surface area (Å²) in [6, 6.07) is 0.335. The maximum Gasteiger partial charge on any atom is 0.220 e. The first-order chi connectivity index (χ1) is 7.74. The molecular weight excluding hydrogens is 256 g/mol. The molecule has 1 amide bonds. The van der Waals surface area contributed by atoms with Crippen molar-refractivity contribution in [3.8, 4) is 0 Å². The first kappa shape index (κ1) is 17.1. The second-order valence-electron chi connectivity index (χ2n) is 4.59. The van der Waals surface area contributed by atoms with Gasteiger partial charge in [0.25, 0.3) is 0 Å². The largest absolute Gasteiger partial charge is 0.352 e. The molecule has 2 N–H and O–H groups in total. The van der Waals surface area contributed by atoms with Gasteiger partial charge in [0.1, 0.15) is 0 Å². The summed E-state index contributed by atoms with van der Waals surface area (Å²) >= 11 is 1.85. The molecule has 0 aromatic heterocycles. The van der Waals surface area contributed by atoms with Crippen molar-refractivity contribution >= 4 is 30.1 Å². The van der Waals surface area contributed by atoms with Gasteiger partial charge in [-0.25, -0.2) is 0 Å². The van der Waals surface area contributed by atoms with E-state index in [0.717, 1.165) is 38.1 Å². The number of hydrogen-bond acceptors (Lipinski definition) is 3. The molecule has 0 aromatic rings. The predicted molar refractivity (Wildman–Crippen MR) is 78.1 cm³/mol. The van der Waals surface area contributed by atoms with Crippen molar-refractivity contribution in [2.45, 2.75) is 38.6 Å². The first-order valence-corrected chi connectivity index (χ1v) is 7.62. The monoisotopic (exact) mass is 280 g/mol. The fraction of sp³-hybridized carbons (Fsp3) is 0.917. The first-order valence-electron chi connectivity index (χ1n) is 6.23. The Balaban J connectivity index is 0.00000256. The van der Waals surface area contributed by atoms with Crippen LogP contribution in [0, 0.1) is 5.92 Å². The zero-order chi connectivity index (χ0) is 11.8. The van der Waals surface area contributed by atoms with E-state index in [1.165, 1.54) is 0 Å². The average molecular weight is 281 g/mol. The quantitative estimate of drug-likeness (QED) is 0.732. The predicted octanol–water partition coefficient (Wildman–Crippen LogP) is 2.06. The summed E-state index contributed by atoms with van der Waals surface area (Å²) < 4.78 is 0. The van der Waals surface area contributed by atoms with Crippen LogP contribution in [-0.2, 0) is 4.79 Å². The Morgan fingerprint density at radius 1 is 1.47 bits per heavy atom. The van der Waals surface area contributed by atoms with Crippen LogP contribution in [0.15, 0.2) is 0 Å². The molecule has 102 valence electrons. The van der Waals surface area contributed by atoms with Crippen LogP contribution in [0.5, 0.6) is 0 Å². The Morgan fingerprint density at radius 3 is 2.88 bits per heavy atom. The van der Waals surface area contributed by atoms with Gasteiger partial charge in [-0.05, 0) is 43.7 Å². The minimum atomic E-state index is 0. The summed E-state index contributed by atoms with van der Waals surface area (Å²) in [5, 5.41) is 6.47. The summed E-state index contributed by atoms with van der Waals surface area (Å²) in [6.45, 7) is 4.23. The van der Waals surface area contributed by atoms with Gasteiger partial charge in [-0.15, -0.1) is 12.4 Å². The van der Waals surface area contributed by atoms with Crippen LogP contribution >= 0.6 is 24.2 Å². The number of carbonyl (C=O) groups is 1. The van der Waals surface area contributed by atoms with Crippen molar-refractivity contribution in [3.05, 3.63) is 0 Å². The van der Waals surface area contributed by atoms with Gasteiger partial charge in [-0.1, -0.05) is 6.92 Å². The Morgan fingerprint density at radius 2 is 2.24 bits per heavy atom. The number of hydrogen-bond donors (Lipinski definition) is 2. The average Bonchev–Trinajstić information content (AvgIpc) is 2.28. The number of carbonyl (C=O) groups excluding carboxylic acids is 1. The van der Waals surface area contributed by atoms with Gasteiger partial charge in [0, 0.05) is 19.0 Å². The molecule has 0 spiro atoms. The number of amides is 1. The molecule has 1 saturated heterocycles. The highest BCUT2D eigenvalue weighted by Crippen LogP contribution is 2.11. The zero-order valence-electron chi connectivity index (χ0n) is 10.8. The minimum absolute atomic E-state index is 0. The topological polar surface area (TPSA) is 41.1 Å². The van der Waals surface area contributed by atoms with Crippen LogP contribution in [0.2, 0.25) is 0 Å². The second kappa shape index (κ2) is 10.0. The molecule has 5 heteroatoms. The van der Waals surface area contributed by atoms with Crippen molar-refractivity contribution in [2.24, 2.45) is 5.92 Å². The number of unbranched alkanes of at least 4 members (excludes halogenated alkanes) is 1. The van der Waals surface area contributed by atoms with E-state index in [0.29, 0.717) is 18.4 Å². The van der Waals surface area contributed by atoms with Gasteiger partial charge in [-0.3, -0.25) is 4.79 Å². The number of rotatable bonds is 6. The van der Waals surface area contributed by atoms with E-state index >= 15 is 0 Å². The Kier molecular flexibility index (Phi) is 10.1. The highest BCUT2D eigenvalue weighted by molar-refractivity contribution is 7.98. The molecule has 1 rings (SSSR count). The fourth-order valence-electron chi connectivity index (χ4n) is 1.99. The van der Waals surface area contributed by atoms with Crippen molar-refractivity contribution in [1.29, 1.82) is 0 Å². The van der Waals surface area contributed by atoms with Crippen molar-refractivity contribution in [2.75, 3.05) is 25.1 Å². The summed E-state index contributed by atoms with van der Waals surface area (Å²) in [4.78, 5) is 11.7. The lowest BCUT2D eigenvalue weighted by atomic mass is 9.94. The minimum Gasteiger partial charge on any atom is -0.352 e. The van der Waals surface area contributed by atoms with E-state index in [9.17, 15) is 4.79 Å². The molecule has 2 atom stereocenters. The number of halogens is 1. The van der Waals surface area contributed by atoms with Gasteiger partial charge < -0.3 is 10.6 Å². The molecule has 3 nitrogen and oxygen atoms in total. The summed E-state index contributed by atoms with van der Waals surface area (Å²) in [5.41, 5.74) is 0. The molecule has 0 radical (unpaired) electrons. The van der Waals surface area contributed by atoms with E-state index in [-0.39, 0.29) is 18.3 Å². The maximum atomic E-state index is 11.7. The van der Waals surface area contributed by atoms with Crippen LogP contribution < -0.4 is 10.6 Å². The molecule has 1 fully saturated rings. The number of nitrogens with one attached hydrogen (secondary N) is 2. The molecule has 0 aliphatic carbocycles. The normalized spacial score (nSPS) is 23.9. The highest BCUT2D eigenvalue weighted by atomic mass is 35.5. The van der Waals surface area contributed by atoms with Gasteiger partial charge in [-0.2, -0.15) is 11.8 Å². The van der Waals surface area contributed by atoms with E-state index in [4.69, 9.17) is 0 Å². The van der Waals surface area contributed by atoms with Crippen molar-refractivity contribution < 1.29 is 4.79 Å². The van der Waals surface area contributed by atoms with Gasteiger partial charge in [0.05, 0.1) is 0 Å². The lowest BCUT2D eigenvalue weighted by Crippen LogP contribution is -2.50. The fourth-order valence-corrected chi connectivity index (χ4v) is 2.49. The highest BCUT2D eigenvalue weighted by Gasteiger charge is 2.21. The lowest BCUT2D eigenvalue weighted by molar-refractivity contribution is -0.122. The molecule has 0 saturated carbocycles. The third-order valence-corrected chi connectivity index (χ3v) is 3.87. The molecule has 1 heterocycles. The molecule has 0 aromatic carbocycles. The van der Waals surface area contributed by atoms with E-state index in [2.05, 4.69) is 23.8 Å². The zero-order valence-corrected chi connectivity index (χ0v) is 12.5. The van der Waals surface area contributed by atoms with Crippen molar-refractivity contribution in [1.82, 2.24) is 10.6 Å². The van der Waals surface area contributed by atoms with Crippen LogP contribution in [0.4, 0.5) is 0 Å². The molecule has 1 aliphatic heterocycles. The Labute approximate surface area is 115 Å². The van der Waals surface area contributed by atoms with E-state index in [1.807, 2.05) is 11.8 Å². The third-order valence-electron chi connectivity index (χ3n) is 3.18. The second-order valence-corrected chi connectivity index (χ2v) is 5.58. The SMILES string of the molecule is CSCCCCC(=O)NC1CNCCC1C.Cl. The Bertz CT molecular complexity index is 217. The van der Waals surface area contributed by atoms with Crippen molar-refractivity contribution in [3.63, 3.8) is 0 Å². The van der Waals surface area contributed by atoms with Crippen LogP contribution in [0.3, 0.4) is 0 Å². The Hall–Kier alpha value is 0.0700. The summed E-state index contributed by atoms with van der Waals surface area (Å²) in [6.07, 6.45) is 6.12. The van der Waals surface area contributed by atoms with Crippen LogP contribution in [0.25, 0.3) is 0 Å². The lowest BCUT2D eigenvalue weighted by Gasteiger charge is -2.30. The summed E-state index contributed by atoms with van der Waals surface area (Å²) in [5.74, 6) is 1.99. The summed E-state index contributed by atoms with van der Waals surface area (Å²) in [7, 11) is 0.